The van der Waals surface area contributed by atoms with Gasteiger partial charge in [0.1, 0.15) is 11.2 Å². The van der Waals surface area contributed by atoms with Gasteiger partial charge < -0.3 is 13.6 Å². The van der Waals surface area contributed by atoms with Gasteiger partial charge in [-0.3, -0.25) is 0 Å². The summed E-state index contributed by atoms with van der Waals surface area (Å²) < 4.78 is 11.9. The number of benzene rings is 16. The summed E-state index contributed by atoms with van der Waals surface area (Å²) >= 11 is 0. The van der Waals surface area contributed by atoms with Crippen LogP contribution in [-0.2, 0) is 0 Å². The highest BCUT2D eigenvalue weighted by molar-refractivity contribution is 7.01. The quantitative estimate of drug-likeness (QED) is 0.119. The lowest BCUT2D eigenvalue weighted by Crippen LogP contribution is -2.59. The van der Waals surface area contributed by atoms with E-state index in [0.717, 1.165) is 33.1 Å². The fourth-order valence-corrected chi connectivity index (χ4v) is 16.5. The number of para-hydroxylation sites is 1. The molecule has 0 saturated heterocycles. The molecule has 0 N–H and O–H groups in total. The van der Waals surface area contributed by atoms with Crippen LogP contribution in [0.1, 0.15) is 0 Å². The minimum absolute atomic E-state index is 0.104. The Hall–Kier alpha value is -10.7. The molecule has 2 aliphatic heterocycles. The van der Waals surface area contributed by atoms with Gasteiger partial charge in [-0.25, -0.2) is 0 Å². The van der Waals surface area contributed by atoms with E-state index in [1.807, 2.05) is 0 Å². The Labute approximate surface area is 467 Å². The van der Waals surface area contributed by atoms with E-state index in [1.54, 1.807) is 0 Å². The number of furan rings is 1. The van der Waals surface area contributed by atoms with Crippen molar-refractivity contribution in [2.24, 2.45) is 0 Å². The first-order valence-corrected chi connectivity index (χ1v) is 28.7. The van der Waals surface area contributed by atoms with Crippen LogP contribution < -0.4 is 16.4 Å². The Bertz CT molecular complexity index is 6240. The lowest BCUT2D eigenvalue weighted by molar-refractivity contribution is 0.669. The van der Waals surface area contributed by atoms with E-state index >= 15 is 0 Å². The van der Waals surface area contributed by atoms with Crippen LogP contribution >= 0.6 is 0 Å². The fourth-order valence-electron chi connectivity index (χ4n) is 16.5. The van der Waals surface area contributed by atoms with E-state index in [4.69, 9.17) is 4.42 Å². The standard InChI is InChI=1S/C78H41BN2O/c1-4-22-50-44(16-1)47-19-7-10-26-55(47)70-58(50)35-37-65-74(70)75-72-57-28-12-9-21-49(57)46-18-3-6-24-52(46)60(72)41-63-78(75)81(65)67-30-15-29-66-76(67)79(63)62-40-59-51-23-5-2-17-45(51)48-20-8-11-27-56(48)71(59)73-61-38-42(33-36-64(61)80(66)77(62)73)43-32-34-54-53-25-13-14-31-68(53)82-69(54)39-43/h1-41H. The predicted octanol–water partition coefficient (Wildman–Crippen LogP) is 19.0. The molecule has 19 aromatic rings. The van der Waals surface area contributed by atoms with Crippen molar-refractivity contribution >= 4 is 186 Å². The van der Waals surface area contributed by atoms with E-state index in [2.05, 4.69) is 258 Å². The lowest BCUT2D eigenvalue weighted by Gasteiger charge is -2.34. The second-order valence-corrected chi connectivity index (χ2v) is 23.2. The zero-order valence-corrected chi connectivity index (χ0v) is 44.1. The maximum atomic E-state index is 6.54. The first-order valence-electron chi connectivity index (χ1n) is 28.7. The maximum Gasteiger partial charge on any atom is 0.252 e. The van der Waals surface area contributed by atoms with Gasteiger partial charge in [0, 0.05) is 59.9 Å². The number of fused-ring (bicyclic) bond motifs is 34. The molecule has 0 amide bonds. The van der Waals surface area contributed by atoms with Gasteiger partial charge in [-0.1, -0.05) is 200 Å². The van der Waals surface area contributed by atoms with Crippen molar-refractivity contribution in [3.63, 3.8) is 0 Å². The molecule has 0 bridgehead atoms. The van der Waals surface area contributed by atoms with Gasteiger partial charge in [-0.05, 0) is 157 Å². The molecule has 4 heteroatoms. The first kappa shape index (κ1) is 42.3. The van der Waals surface area contributed by atoms with E-state index in [9.17, 15) is 0 Å². The Kier molecular flexibility index (Phi) is 7.61. The molecular weight excluding hydrogens is 992 g/mol. The minimum atomic E-state index is -0.104. The summed E-state index contributed by atoms with van der Waals surface area (Å²) in [5.41, 5.74) is 15.6. The SMILES string of the molecule is c1cc2c3c(c1)-n1c4ccc5c6ccccc6c6ccccc6c5c4c4c5c6ccccc6c6ccccc6c5cc(c41)B3c1cc3c4ccccc4c4ccccc4c3c3c4cc(-c5ccc6c(c5)oc5ccccc56)ccc4n-2c13. The molecule has 16 aromatic carbocycles. The van der Waals surface area contributed by atoms with E-state index in [0.29, 0.717) is 0 Å². The minimum Gasteiger partial charge on any atom is -0.456 e. The summed E-state index contributed by atoms with van der Waals surface area (Å²) in [4.78, 5) is 0. The van der Waals surface area contributed by atoms with E-state index in [-0.39, 0.29) is 6.71 Å². The molecule has 0 atom stereocenters. The summed E-state index contributed by atoms with van der Waals surface area (Å²) in [6, 6.07) is 94.4. The van der Waals surface area contributed by atoms with Gasteiger partial charge in [-0.15, -0.1) is 0 Å². The second-order valence-electron chi connectivity index (χ2n) is 23.2. The molecule has 0 radical (unpaired) electrons. The number of aromatic nitrogens is 2. The lowest BCUT2D eigenvalue weighted by atomic mass is 9.34. The largest absolute Gasteiger partial charge is 0.456 e. The van der Waals surface area contributed by atoms with Gasteiger partial charge in [0.15, 0.2) is 0 Å². The zero-order valence-electron chi connectivity index (χ0n) is 44.1. The van der Waals surface area contributed by atoms with Crippen LogP contribution in [0.3, 0.4) is 0 Å². The topological polar surface area (TPSA) is 23.0 Å². The zero-order chi connectivity index (χ0) is 52.8. The van der Waals surface area contributed by atoms with Crippen LogP contribution in [0.5, 0.6) is 0 Å². The summed E-state index contributed by atoms with van der Waals surface area (Å²) in [6.07, 6.45) is 0. The summed E-state index contributed by atoms with van der Waals surface area (Å²) in [5, 5.41) is 30.7. The van der Waals surface area contributed by atoms with Crippen molar-refractivity contribution in [1.82, 2.24) is 9.13 Å². The summed E-state index contributed by atoms with van der Waals surface area (Å²) in [5.74, 6) is 0. The summed E-state index contributed by atoms with van der Waals surface area (Å²) in [6.45, 7) is -0.104. The van der Waals surface area contributed by atoms with Crippen LogP contribution in [0.4, 0.5) is 0 Å². The average molecular weight is 1030 g/mol. The number of hydrogen-bond acceptors (Lipinski definition) is 1. The molecule has 0 unspecified atom stereocenters. The van der Waals surface area contributed by atoms with Crippen molar-refractivity contribution in [1.29, 1.82) is 0 Å². The molecule has 0 fully saturated rings. The number of nitrogens with zero attached hydrogens (tertiary/aromatic N) is 2. The van der Waals surface area contributed by atoms with Crippen LogP contribution in [0.25, 0.3) is 185 Å². The molecule has 0 aliphatic carbocycles. The molecule has 82 heavy (non-hydrogen) atoms. The smallest absolute Gasteiger partial charge is 0.252 e. The molecule has 372 valence electrons. The third-order valence-electron chi connectivity index (χ3n) is 19.6. The van der Waals surface area contributed by atoms with Gasteiger partial charge in [0.25, 0.3) is 6.71 Å². The van der Waals surface area contributed by atoms with Gasteiger partial charge in [0.05, 0.1) is 22.1 Å². The third kappa shape index (κ3) is 4.96. The molecule has 0 saturated carbocycles. The van der Waals surface area contributed by atoms with Crippen LogP contribution in [0.15, 0.2) is 253 Å². The highest BCUT2D eigenvalue weighted by Crippen LogP contribution is 2.51. The highest BCUT2D eigenvalue weighted by Gasteiger charge is 2.42. The van der Waals surface area contributed by atoms with E-state index in [1.165, 1.54) is 168 Å². The Morgan fingerprint density at radius 1 is 0.244 bits per heavy atom. The Morgan fingerprint density at radius 3 is 1.21 bits per heavy atom. The monoisotopic (exact) mass is 1030 g/mol. The first-order chi connectivity index (χ1) is 40.7. The van der Waals surface area contributed by atoms with Gasteiger partial charge >= 0.3 is 0 Å². The predicted molar refractivity (Wildman–Crippen MR) is 350 cm³/mol. The Balaban J connectivity index is 0.985. The molecular formula is C78H41BN2O. The van der Waals surface area contributed by atoms with Crippen LogP contribution in [0.2, 0.25) is 0 Å². The highest BCUT2D eigenvalue weighted by atomic mass is 16.3. The van der Waals surface area contributed by atoms with Crippen LogP contribution in [-0.4, -0.2) is 15.8 Å². The molecule has 3 aromatic heterocycles. The van der Waals surface area contributed by atoms with Gasteiger partial charge in [-0.2, -0.15) is 0 Å². The van der Waals surface area contributed by atoms with Gasteiger partial charge in [0.2, 0.25) is 0 Å². The molecule has 5 heterocycles. The maximum absolute atomic E-state index is 6.54. The van der Waals surface area contributed by atoms with Crippen molar-refractivity contribution in [2.45, 2.75) is 0 Å². The van der Waals surface area contributed by atoms with Crippen LogP contribution in [0, 0.1) is 0 Å². The van der Waals surface area contributed by atoms with Crippen molar-refractivity contribution in [3.8, 4) is 22.5 Å². The van der Waals surface area contributed by atoms with E-state index < -0.39 is 0 Å². The molecule has 3 nitrogen and oxygen atoms in total. The third-order valence-corrected chi connectivity index (χ3v) is 19.6. The van der Waals surface area contributed by atoms with Crippen molar-refractivity contribution in [2.75, 3.05) is 0 Å². The summed E-state index contributed by atoms with van der Waals surface area (Å²) in [7, 11) is 0. The second kappa shape index (κ2) is 14.8. The average Bonchev–Trinajstić information content (AvgIpc) is 1.83. The number of hydrogen-bond donors (Lipinski definition) is 0. The van der Waals surface area contributed by atoms with Crippen molar-refractivity contribution in [3.05, 3.63) is 249 Å². The molecule has 0 spiro atoms. The van der Waals surface area contributed by atoms with Crippen molar-refractivity contribution < 1.29 is 4.42 Å². The molecule has 2 aliphatic rings. The normalized spacial score (nSPS) is 13.1. The Morgan fingerprint density at radius 2 is 0.634 bits per heavy atom. The molecule has 21 rings (SSSR count). The number of rotatable bonds is 1. The fraction of sp³-hybridized carbons (Fsp3) is 0.